The summed E-state index contributed by atoms with van der Waals surface area (Å²) in [6.07, 6.45) is 4.72. The minimum atomic E-state index is -0.577. The monoisotopic (exact) mass is 461 g/mol. The number of carbonyl (C=O) groups is 3. The number of piperidine rings is 1. The molecular formula is C26H27N3O3S. The number of fused-ring (bicyclic) bond motifs is 1. The average molecular weight is 462 g/mol. The third-order valence-electron chi connectivity index (χ3n) is 7.66. The SMILES string of the molecule is O=C1CCC(N2Cc3c(SCc4ccc(CNC56CC(C5)C6)cc4)cccc3C2=O)C(=O)N1. The summed E-state index contributed by atoms with van der Waals surface area (Å²) in [5.41, 5.74) is 4.67. The Morgan fingerprint density at radius 2 is 1.79 bits per heavy atom. The van der Waals surface area contributed by atoms with E-state index in [0.29, 0.717) is 24.1 Å². The lowest BCUT2D eigenvalue weighted by molar-refractivity contribution is -0.136. The number of benzene rings is 2. The minimum Gasteiger partial charge on any atom is -0.322 e. The van der Waals surface area contributed by atoms with Gasteiger partial charge in [0.05, 0.1) is 0 Å². The van der Waals surface area contributed by atoms with Crippen molar-refractivity contribution in [2.45, 2.75) is 67.4 Å². The predicted octanol–water partition coefficient (Wildman–Crippen LogP) is 3.38. The van der Waals surface area contributed by atoms with Crippen LogP contribution in [0.25, 0.3) is 0 Å². The molecule has 3 saturated carbocycles. The van der Waals surface area contributed by atoms with E-state index in [1.807, 2.05) is 18.2 Å². The molecule has 1 unspecified atom stereocenters. The highest BCUT2D eigenvalue weighted by molar-refractivity contribution is 7.98. The van der Waals surface area contributed by atoms with Crippen LogP contribution in [0.2, 0.25) is 0 Å². The van der Waals surface area contributed by atoms with Crippen molar-refractivity contribution in [2.24, 2.45) is 5.92 Å². The van der Waals surface area contributed by atoms with Gasteiger partial charge in [-0.1, -0.05) is 30.3 Å². The molecule has 6 nitrogen and oxygen atoms in total. The zero-order chi connectivity index (χ0) is 22.6. The Morgan fingerprint density at radius 3 is 2.48 bits per heavy atom. The van der Waals surface area contributed by atoms with Gasteiger partial charge in [0.15, 0.2) is 0 Å². The summed E-state index contributed by atoms with van der Waals surface area (Å²) in [5, 5.41) is 6.10. The van der Waals surface area contributed by atoms with Crippen LogP contribution in [0, 0.1) is 5.92 Å². The molecule has 1 atom stereocenters. The van der Waals surface area contributed by atoms with Gasteiger partial charge in [0.1, 0.15) is 6.04 Å². The number of rotatable bonds is 7. The maximum atomic E-state index is 13.0. The topological polar surface area (TPSA) is 78.5 Å². The Morgan fingerprint density at radius 1 is 1.03 bits per heavy atom. The normalized spacial score (nSPS) is 27.6. The second-order valence-corrected chi connectivity index (χ2v) is 10.9. The molecule has 7 heteroatoms. The highest BCUT2D eigenvalue weighted by Crippen LogP contribution is 2.57. The average Bonchev–Trinajstić information content (AvgIpc) is 3.08. The van der Waals surface area contributed by atoms with Gasteiger partial charge in [-0.3, -0.25) is 19.7 Å². The molecule has 170 valence electrons. The zero-order valence-corrected chi connectivity index (χ0v) is 19.2. The molecule has 4 fully saturated rings. The molecule has 0 spiro atoms. The van der Waals surface area contributed by atoms with Gasteiger partial charge >= 0.3 is 0 Å². The molecule has 33 heavy (non-hydrogen) atoms. The quantitative estimate of drug-likeness (QED) is 0.488. The summed E-state index contributed by atoms with van der Waals surface area (Å²) >= 11 is 1.72. The van der Waals surface area contributed by atoms with Gasteiger partial charge in [0.2, 0.25) is 11.8 Å². The molecule has 3 aliphatic carbocycles. The molecule has 0 aromatic heterocycles. The lowest BCUT2D eigenvalue weighted by atomic mass is 9.50. The Balaban J connectivity index is 1.09. The van der Waals surface area contributed by atoms with E-state index in [1.165, 1.54) is 30.4 Å². The number of carbonyl (C=O) groups excluding carboxylic acids is 3. The van der Waals surface area contributed by atoms with E-state index in [-0.39, 0.29) is 24.1 Å². The van der Waals surface area contributed by atoms with E-state index in [4.69, 9.17) is 0 Å². The van der Waals surface area contributed by atoms with Crippen molar-refractivity contribution in [2.75, 3.05) is 0 Å². The van der Waals surface area contributed by atoms with E-state index < -0.39 is 6.04 Å². The summed E-state index contributed by atoms with van der Waals surface area (Å²) in [6.45, 7) is 1.35. The van der Waals surface area contributed by atoms with Crippen molar-refractivity contribution in [1.82, 2.24) is 15.5 Å². The van der Waals surface area contributed by atoms with E-state index in [1.54, 1.807) is 16.7 Å². The van der Waals surface area contributed by atoms with Gasteiger partial charge in [0.25, 0.3) is 5.91 Å². The molecule has 0 radical (unpaired) electrons. The van der Waals surface area contributed by atoms with Gasteiger partial charge < -0.3 is 10.2 Å². The van der Waals surface area contributed by atoms with Crippen LogP contribution < -0.4 is 10.6 Å². The van der Waals surface area contributed by atoms with Crippen molar-refractivity contribution >= 4 is 29.5 Å². The standard InChI is InChI=1S/C26H27N3O3S/c30-23-9-8-21(24(31)28-23)29-14-20-19(25(29)32)2-1-3-22(20)33-15-17-6-4-16(5-7-17)13-27-26-10-18(11-26)12-26/h1-7,18,21,27H,8-15H2,(H,28,30,31). The minimum absolute atomic E-state index is 0.123. The van der Waals surface area contributed by atoms with Crippen molar-refractivity contribution in [1.29, 1.82) is 0 Å². The second-order valence-electron chi connectivity index (χ2n) is 9.90. The summed E-state index contributed by atoms with van der Waals surface area (Å²) in [4.78, 5) is 39.5. The smallest absolute Gasteiger partial charge is 0.255 e. The van der Waals surface area contributed by atoms with Gasteiger partial charge in [-0.15, -0.1) is 11.8 Å². The zero-order valence-electron chi connectivity index (χ0n) is 18.4. The number of amides is 3. The van der Waals surface area contributed by atoms with E-state index in [9.17, 15) is 14.4 Å². The van der Waals surface area contributed by atoms with Gasteiger partial charge in [-0.05, 0) is 60.4 Å². The number of imide groups is 1. The molecule has 5 aliphatic rings. The molecule has 3 amide bonds. The van der Waals surface area contributed by atoms with Crippen molar-refractivity contribution in [3.05, 3.63) is 64.7 Å². The first-order valence-electron chi connectivity index (χ1n) is 11.7. The van der Waals surface area contributed by atoms with Crippen LogP contribution in [-0.4, -0.2) is 34.2 Å². The van der Waals surface area contributed by atoms with Crippen LogP contribution in [0.5, 0.6) is 0 Å². The molecule has 2 aromatic rings. The van der Waals surface area contributed by atoms with Crippen molar-refractivity contribution < 1.29 is 14.4 Å². The first kappa shape index (κ1) is 20.9. The first-order chi connectivity index (χ1) is 16.0. The Labute approximate surface area is 197 Å². The maximum absolute atomic E-state index is 13.0. The number of hydrogen-bond acceptors (Lipinski definition) is 5. The summed E-state index contributed by atoms with van der Waals surface area (Å²) in [7, 11) is 0. The molecule has 2 N–H and O–H groups in total. The molecule has 2 aromatic carbocycles. The highest BCUT2D eigenvalue weighted by atomic mass is 32.2. The summed E-state index contributed by atoms with van der Waals surface area (Å²) in [5.74, 6) is 1.05. The van der Waals surface area contributed by atoms with Crippen LogP contribution >= 0.6 is 11.8 Å². The molecule has 2 bridgehead atoms. The van der Waals surface area contributed by atoms with Crippen LogP contribution in [0.1, 0.15) is 59.2 Å². The maximum Gasteiger partial charge on any atom is 0.255 e. The third kappa shape index (κ3) is 3.77. The third-order valence-corrected chi connectivity index (χ3v) is 8.83. The summed E-state index contributed by atoms with van der Waals surface area (Å²) < 4.78 is 0. The molecular weight excluding hydrogens is 434 g/mol. The van der Waals surface area contributed by atoms with Crippen molar-refractivity contribution in [3.8, 4) is 0 Å². The van der Waals surface area contributed by atoms with Crippen LogP contribution in [0.4, 0.5) is 0 Å². The van der Waals surface area contributed by atoms with Crippen LogP contribution in [0.15, 0.2) is 47.4 Å². The number of hydrogen-bond donors (Lipinski definition) is 2. The predicted molar refractivity (Wildman–Crippen MR) is 125 cm³/mol. The second kappa shape index (κ2) is 7.99. The molecule has 2 heterocycles. The first-order valence-corrected chi connectivity index (χ1v) is 12.7. The number of nitrogens with one attached hydrogen (secondary N) is 2. The lowest BCUT2D eigenvalue weighted by Crippen LogP contribution is -2.66. The van der Waals surface area contributed by atoms with E-state index in [2.05, 4.69) is 34.9 Å². The largest absolute Gasteiger partial charge is 0.322 e. The molecule has 7 rings (SSSR count). The fourth-order valence-electron chi connectivity index (χ4n) is 5.59. The Hall–Kier alpha value is -2.64. The van der Waals surface area contributed by atoms with E-state index >= 15 is 0 Å². The van der Waals surface area contributed by atoms with Gasteiger partial charge in [0, 0.05) is 41.3 Å². The number of thioether (sulfide) groups is 1. The van der Waals surface area contributed by atoms with Crippen LogP contribution in [0.3, 0.4) is 0 Å². The molecule has 2 aliphatic heterocycles. The Kier molecular flexibility index (Phi) is 5.07. The van der Waals surface area contributed by atoms with Gasteiger partial charge in [-0.25, -0.2) is 0 Å². The van der Waals surface area contributed by atoms with Gasteiger partial charge in [-0.2, -0.15) is 0 Å². The fourth-order valence-corrected chi connectivity index (χ4v) is 6.63. The van der Waals surface area contributed by atoms with Crippen molar-refractivity contribution in [3.63, 3.8) is 0 Å². The fraction of sp³-hybridized carbons (Fsp3) is 0.423. The Bertz CT molecular complexity index is 1130. The molecule has 1 saturated heterocycles. The van der Waals surface area contributed by atoms with Crippen LogP contribution in [-0.2, 0) is 28.4 Å². The van der Waals surface area contributed by atoms with E-state index in [0.717, 1.165) is 28.7 Å². The summed E-state index contributed by atoms with van der Waals surface area (Å²) in [6, 6.07) is 14.0. The lowest BCUT2D eigenvalue weighted by Gasteiger charge is -2.62. The number of nitrogens with zero attached hydrogens (tertiary/aromatic N) is 1. The highest BCUT2D eigenvalue weighted by Gasteiger charge is 2.55.